The van der Waals surface area contributed by atoms with Crippen LogP contribution < -0.4 is 4.90 Å². The molecular formula is C18H17ClN4O2. The quantitative estimate of drug-likeness (QED) is 0.492. The zero-order valence-electron chi connectivity index (χ0n) is 13.7. The molecule has 3 rings (SSSR count). The van der Waals surface area contributed by atoms with Crippen LogP contribution >= 0.6 is 11.6 Å². The maximum atomic E-state index is 10.8. The molecule has 0 unspecified atom stereocenters. The van der Waals surface area contributed by atoms with Gasteiger partial charge in [0.15, 0.2) is 0 Å². The molecule has 7 heteroatoms. The van der Waals surface area contributed by atoms with Crippen molar-refractivity contribution < 1.29 is 4.92 Å². The van der Waals surface area contributed by atoms with Crippen LogP contribution in [0.2, 0.25) is 5.02 Å². The van der Waals surface area contributed by atoms with E-state index in [0.717, 1.165) is 18.1 Å². The second-order valence-electron chi connectivity index (χ2n) is 5.71. The van der Waals surface area contributed by atoms with E-state index in [-0.39, 0.29) is 5.69 Å². The van der Waals surface area contributed by atoms with Crippen LogP contribution in [0.3, 0.4) is 0 Å². The summed E-state index contributed by atoms with van der Waals surface area (Å²) in [6.07, 6.45) is 3.71. The molecule has 1 heterocycles. The van der Waals surface area contributed by atoms with Crippen molar-refractivity contribution in [3.05, 3.63) is 87.4 Å². The van der Waals surface area contributed by atoms with Gasteiger partial charge < -0.3 is 9.47 Å². The Balaban J connectivity index is 1.77. The molecule has 2 aromatic carbocycles. The van der Waals surface area contributed by atoms with Crippen LogP contribution in [0.15, 0.2) is 60.9 Å². The van der Waals surface area contributed by atoms with Crippen molar-refractivity contribution in [3.63, 3.8) is 0 Å². The average Bonchev–Trinajstić information content (AvgIpc) is 3.02. The summed E-state index contributed by atoms with van der Waals surface area (Å²) in [5.74, 6) is 0.890. The fourth-order valence-electron chi connectivity index (χ4n) is 2.63. The Hall–Kier alpha value is -2.86. The number of anilines is 1. The molecule has 0 fully saturated rings. The van der Waals surface area contributed by atoms with Gasteiger partial charge in [0, 0.05) is 38.1 Å². The number of imidazole rings is 1. The standard InChI is InChI=1S/C18H17ClN4O2/c1-21(17-8-7-15(23(24)25)11-16(17)19)13-18-20-9-10-22(18)12-14-5-3-2-4-6-14/h2-11H,12-13H2,1H3. The summed E-state index contributed by atoms with van der Waals surface area (Å²) < 4.78 is 2.07. The van der Waals surface area contributed by atoms with Crippen molar-refractivity contribution in [2.75, 3.05) is 11.9 Å². The monoisotopic (exact) mass is 356 g/mol. The molecular weight excluding hydrogens is 340 g/mol. The number of hydrogen-bond acceptors (Lipinski definition) is 4. The highest BCUT2D eigenvalue weighted by molar-refractivity contribution is 6.33. The normalized spacial score (nSPS) is 10.6. The van der Waals surface area contributed by atoms with Gasteiger partial charge in [0.2, 0.25) is 0 Å². The van der Waals surface area contributed by atoms with E-state index in [1.165, 1.54) is 17.7 Å². The molecule has 0 aliphatic rings. The molecule has 0 amide bonds. The van der Waals surface area contributed by atoms with Crippen molar-refractivity contribution in [3.8, 4) is 0 Å². The summed E-state index contributed by atoms with van der Waals surface area (Å²) in [5.41, 5.74) is 1.90. The SMILES string of the molecule is CN(Cc1nccn1Cc1ccccc1)c1ccc([N+](=O)[O-])cc1Cl. The number of hydrogen-bond donors (Lipinski definition) is 0. The van der Waals surface area contributed by atoms with E-state index in [9.17, 15) is 10.1 Å². The Morgan fingerprint density at radius 2 is 2.00 bits per heavy atom. The number of halogens is 1. The Labute approximate surface area is 150 Å². The minimum Gasteiger partial charge on any atom is -0.366 e. The minimum absolute atomic E-state index is 0.0206. The molecule has 0 radical (unpaired) electrons. The Kier molecular flexibility index (Phi) is 5.00. The van der Waals surface area contributed by atoms with Crippen LogP contribution in [0, 0.1) is 10.1 Å². The van der Waals surface area contributed by atoms with Crippen LogP contribution in [-0.4, -0.2) is 21.5 Å². The molecule has 0 aliphatic carbocycles. The smallest absolute Gasteiger partial charge is 0.271 e. The zero-order valence-corrected chi connectivity index (χ0v) is 14.4. The Morgan fingerprint density at radius 3 is 2.68 bits per heavy atom. The van der Waals surface area contributed by atoms with Gasteiger partial charge in [-0.3, -0.25) is 10.1 Å². The number of rotatable bonds is 6. The van der Waals surface area contributed by atoms with Gasteiger partial charge in [-0.2, -0.15) is 0 Å². The van der Waals surface area contributed by atoms with Gasteiger partial charge in [0.25, 0.3) is 5.69 Å². The van der Waals surface area contributed by atoms with E-state index in [1.807, 2.05) is 36.3 Å². The zero-order chi connectivity index (χ0) is 17.8. The first-order chi connectivity index (χ1) is 12.0. The van der Waals surface area contributed by atoms with Crippen LogP contribution in [0.4, 0.5) is 11.4 Å². The highest BCUT2D eigenvalue weighted by Gasteiger charge is 2.14. The summed E-state index contributed by atoms with van der Waals surface area (Å²) in [7, 11) is 1.88. The van der Waals surface area contributed by atoms with Gasteiger partial charge in [-0.05, 0) is 11.6 Å². The number of non-ortho nitro benzene ring substituents is 1. The first-order valence-electron chi connectivity index (χ1n) is 7.73. The molecule has 6 nitrogen and oxygen atoms in total. The summed E-state index contributed by atoms with van der Waals surface area (Å²) in [6, 6.07) is 14.6. The maximum absolute atomic E-state index is 10.8. The number of aromatic nitrogens is 2. The lowest BCUT2D eigenvalue weighted by Crippen LogP contribution is -2.20. The third-order valence-corrected chi connectivity index (χ3v) is 4.23. The fraction of sp³-hybridized carbons (Fsp3) is 0.167. The summed E-state index contributed by atoms with van der Waals surface area (Å²) in [6.45, 7) is 1.27. The average molecular weight is 357 g/mol. The minimum atomic E-state index is -0.456. The highest BCUT2D eigenvalue weighted by Crippen LogP contribution is 2.29. The van der Waals surface area contributed by atoms with E-state index in [2.05, 4.69) is 21.7 Å². The molecule has 3 aromatic rings. The van der Waals surface area contributed by atoms with Crippen molar-refractivity contribution in [1.29, 1.82) is 0 Å². The van der Waals surface area contributed by atoms with E-state index >= 15 is 0 Å². The largest absolute Gasteiger partial charge is 0.366 e. The predicted molar refractivity (Wildman–Crippen MR) is 98.0 cm³/mol. The van der Waals surface area contributed by atoms with Gasteiger partial charge in [-0.25, -0.2) is 4.98 Å². The molecule has 0 spiro atoms. The van der Waals surface area contributed by atoms with Gasteiger partial charge in [-0.1, -0.05) is 41.9 Å². The third kappa shape index (κ3) is 3.97. The van der Waals surface area contributed by atoms with Gasteiger partial charge in [0.1, 0.15) is 5.82 Å². The van der Waals surface area contributed by atoms with Crippen LogP contribution in [0.25, 0.3) is 0 Å². The van der Waals surface area contributed by atoms with Crippen molar-refractivity contribution in [1.82, 2.24) is 9.55 Å². The lowest BCUT2D eigenvalue weighted by molar-refractivity contribution is -0.384. The van der Waals surface area contributed by atoms with Gasteiger partial charge in [-0.15, -0.1) is 0 Å². The molecule has 0 bridgehead atoms. The van der Waals surface area contributed by atoms with Gasteiger partial charge in [0.05, 0.1) is 22.2 Å². The van der Waals surface area contributed by atoms with Crippen molar-refractivity contribution in [2.24, 2.45) is 0 Å². The van der Waals surface area contributed by atoms with E-state index in [1.54, 1.807) is 12.3 Å². The Morgan fingerprint density at radius 1 is 1.24 bits per heavy atom. The topological polar surface area (TPSA) is 64.2 Å². The van der Waals surface area contributed by atoms with E-state index < -0.39 is 4.92 Å². The third-order valence-electron chi connectivity index (χ3n) is 3.93. The first-order valence-corrected chi connectivity index (χ1v) is 8.11. The van der Waals surface area contributed by atoms with Crippen molar-refractivity contribution in [2.45, 2.75) is 13.1 Å². The highest BCUT2D eigenvalue weighted by atomic mass is 35.5. The number of nitro groups is 1. The fourth-order valence-corrected chi connectivity index (χ4v) is 2.95. The lowest BCUT2D eigenvalue weighted by atomic mass is 10.2. The number of nitrogens with zero attached hydrogens (tertiary/aromatic N) is 4. The summed E-state index contributed by atoms with van der Waals surface area (Å²) in [4.78, 5) is 16.7. The summed E-state index contributed by atoms with van der Waals surface area (Å²) >= 11 is 6.20. The second kappa shape index (κ2) is 7.36. The molecule has 1 aromatic heterocycles. The second-order valence-corrected chi connectivity index (χ2v) is 6.11. The lowest BCUT2D eigenvalue weighted by Gasteiger charge is -2.20. The molecule has 0 saturated heterocycles. The predicted octanol–water partition coefficient (Wildman–Crippen LogP) is 4.13. The molecule has 128 valence electrons. The van der Waals surface area contributed by atoms with Crippen LogP contribution in [0.5, 0.6) is 0 Å². The number of nitro benzene ring substituents is 1. The van der Waals surface area contributed by atoms with Crippen molar-refractivity contribution >= 4 is 23.0 Å². The maximum Gasteiger partial charge on any atom is 0.271 e. The van der Waals surface area contributed by atoms with E-state index in [4.69, 9.17) is 11.6 Å². The number of benzene rings is 2. The van der Waals surface area contributed by atoms with Crippen LogP contribution in [-0.2, 0) is 13.1 Å². The van der Waals surface area contributed by atoms with Crippen LogP contribution in [0.1, 0.15) is 11.4 Å². The molecule has 0 atom stereocenters. The molecule has 25 heavy (non-hydrogen) atoms. The van der Waals surface area contributed by atoms with Gasteiger partial charge >= 0.3 is 0 Å². The van der Waals surface area contributed by atoms with E-state index in [0.29, 0.717) is 11.6 Å². The first kappa shape index (κ1) is 17.0. The molecule has 0 aliphatic heterocycles. The Bertz CT molecular complexity index is 880. The summed E-state index contributed by atoms with van der Waals surface area (Å²) in [5, 5.41) is 11.2. The molecule has 0 N–H and O–H groups in total. The molecule has 0 saturated carbocycles.